The fourth-order valence-corrected chi connectivity index (χ4v) is 1.54. The van der Waals surface area contributed by atoms with Crippen molar-refractivity contribution in [2.75, 3.05) is 31.0 Å². The largest absolute Gasteiger partial charge is 0.411 e. The van der Waals surface area contributed by atoms with Gasteiger partial charge in [-0.05, 0) is 25.1 Å². The molecular formula is C14H17F3N2O4. The number of hydrogen-bond donors (Lipinski definition) is 2. The van der Waals surface area contributed by atoms with Crippen LogP contribution in [-0.2, 0) is 19.1 Å². The third-order valence-electron chi connectivity index (χ3n) is 2.56. The van der Waals surface area contributed by atoms with Gasteiger partial charge in [-0.1, -0.05) is 6.07 Å². The molecule has 1 aromatic rings. The molecule has 0 bridgehead atoms. The van der Waals surface area contributed by atoms with Crippen molar-refractivity contribution in [2.24, 2.45) is 0 Å². The van der Waals surface area contributed by atoms with Crippen molar-refractivity contribution in [1.82, 2.24) is 0 Å². The Labute approximate surface area is 130 Å². The molecule has 6 nitrogen and oxygen atoms in total. The number of halogens is 3. The van der Waals surface area contributed by atoms with Gasteiger partial charge in [0.05, 0.1) is 0 Å². The van der Waals surface area contributed by atoms with E-state index in [1.165, 1.54) is 26.2 Å². The van der Waals surface area contributed by atoms with Crippen LogP contribution in [0.3, 0.4) is 0 Å². The van der Waals surface area contributed by atoms with Crippen LogP contribution in [0.1, 0.15) is 6.92 Å². The summed E-state index contributed by atoms with van der Waals surface area (Å²) in [6.07, 6.45) is -5.77. The highest BCUT2D eigenvalue weighted by Gasteiger charge is 2.29. The van der Waals surface area contributed by atoms with E-state index in [4.69, 9.17) is 0 Å². The Morgan fingerprint density at radius 1 is 1.22 bits per heavy atom. The second-order valence-corrected chi connectivity index (χ2v) is 4.62. The first-order valence-corrected chi connectivity index (χ1v) is 6.59. The summed E-state index contributed by atoms with van der Waals surface area (Å²) in [5, 5.41) is 4.95. The van der Waals surface area contributed by atoms with Gasteiger partial charge >= 0.3 is 6.18 Å². The normalized spacial score (nSPS) is 12.6. The van der Waals surface area contributed by atoms with Gasteiger partial charge < -0.3 is 20.1 Å². The van der Waals surface area contributed by atoms with Gasteiger partial charge in [-0.3, -0.25) is 9.59 Å². The first kappa shape index (κ1) is 18.9. The van der Waals surface area contributed by atoms with Crippen molar-refractivity contribution >= 4 is 23.2 Å². The minimum atomic E-state index is -4.50. The van der Waals surface area contributed by atoms with Gasteiger partial charge in [0.2, 0.25) is 5.91 Å². The molecule has 0 aromatic heterocycles. The minimum absolute atomic E-state index is 0.126. The summed E-state index contributed by atoms with van der Waals surface area (Å²) in [6, 6.07) is 6.15. The molecule has 0 saturated carbocycles. The summed E-state index contributed by atoms with van der Waals surface area (Å²) in [5.74, 6) is -1.10. The average Bonchev–Trinajstić information content (AvgIpc) is 2.44. The number of hydrogen-bond acceptors (Lipinski definition) is 4. The van der Waals surface area contributed by atoms with Gasteiger partial charge in [0.25, 0.3) is 5.91 Å². The number of anilines is 2. The zero-order valence-electron chi connectivity index (χ0n) is 12.6. The van der Waals surface area contributed by atoms with Crippen LogP contribution in [0.15, 0.2) is 24.3 Å². The van der Waals surface area contributed by atoms with Crippen molar-refractivity contribution in [2.45, 2.75) is 19.2 Å². The minimum Gasteiger partial charge on any atom is -0.375 e. The first-order chi connectivity index (χ1) is 10.7. The second kappa shape index (κ2) is 8.49. The van der Waals surface area contributed by atoms with Crippen LogP contribution in [-0.4, -0.2) is 44.4 Å². The summed E-state index contributed by atoms with van der Waals surface area (Å²) in [7, 11) is 1.37. The van der Waals surface area contributed by atoms with Gasteiger partial charge in [0, 0.05) is 18.5 Å². The maximum Gasteiger partial charge on any atom is 0.411 e. The summed E-state index contributed by atoms with van der Waals surface area (Å²) in [4.78, 5) is 23.1. The SMILES string of the molecule is COCC(=O)Nc1cccc(NC(=O)C(C)OCC(F)(F)F)c1. The van der Waals surface area contributed by atoms with E-state index in [0.717, 1.165) is 0 Å². The molecular weight excluding hydrogens is 317 g/mol. The lowest BCUT2D eigenvalue weighted by Gasteiger charge is -2.15. The fraction of sp³-hybridized carbons (Fsp3) is 0.429. The third-order valence-corrected chi connectivity index (χ3v) is 2.56. The van der Waals surface area contributed by atoms with E-state index in [1.807, 2.05) is 0 Å². The second-order valence-electron chi connectivity index (χ2n) is 4.62. The molecule has 1 rings (SSSR count). The number of ether oxygens (including phenoxy) is 2. The van der Waals surface area contributed by atoms with Crippen molar-refractivity contribution in [1.29, 1.82) is 0 Å². The topological polar surface area (TPSA) is 76.7 Å². The van der Waals surface area contributed by atoms with Crippen LogP contribution in [0, 0.1) is 0 Å². The van der Waals surface area contributed by atoms with Crippen LogP contribution >= 0.6 is 0 Å². The van der Waals surface area contributed by atoms with E-state index in [0.29, 0.717) is 11.4 Å². The summed E-state index contributed by atoms with van der Waals surface area (Å²) in [6.45, 7) is -0.418. The maximum atomic E-state index is 12.0. The molecule has 0 spiro atoms. The summed E-state index contributed by atoms with van der Waals surface area (Å²) in [5.41, 5.74) is 0.724. The average molecular weight is 334 g/mol. The molecule has 0 aliphatic rings. The van der Waals surface area contributed by atoms with E-state index in [9.17, 15) is 22.8 Å². The number of carbonyl (C=O) groups excluding carboxylic acids is 2. The van der Waals surface area contributed by atoms with E-state index in [2.05, 4.69) is 20.1 Å². The molecule has 23 heavy (non-hydrogen) atoms. The molecule has 2 N–H and O–H groups in total. The third kappa shape index (κ3) is 7.61. The van der Waals surface area contributed by atoms with Gasteiger partial charge in [-0.25, -0.2) is 0 Å². The number of methoxy groups -OCH3 is 1. The van der Waals surface area contributed by atoms with E-state index >= 15 is 0 Å². The number of carbonyl (C=O) groups is 2. The summed E-state index contributed by atoms with van der Waals surface area (Å²) >= 11 is 0. The summed E-state index contributed by atoms with van der Waals surface area (Å²) < 4.78 is 45.2. The van der Waals surface area contributed by atoms with Crippen molar-refractivity contribution < 1.29 is 32.2 Å². The Balaban J connectivity index is 2.59. The highest BCUT2D eigenvalue weighted by Crippen LogP contribution is 2.17. The predicted molar refractivity (Wildman–Crippen MR) is 77.0 cm³/mol. The van der Waals surface area contributed by atoms with Crippen LogP contribution in [0.5, 0.6) is 0 Å². The molecule has 2 amide bonds. The molecule has 1 atom stereocenters. The molecule has 0 aliphatic carbocycles. The van der Waals surface area contributed by atoms with Crippen LogP contribution in [0.25, 0.3) is 0 Å². The van der Waals surface area contributed by atoms with Gasteiger partial charge in [-0.15, -0.1) is 0 Å². The zero-order valence-corrected chi connectivity index (χ0v) is 12.6. The van der Waals surface area contributed by atoms with Crippen LogP contribution < -0.4 is 10.6 Å². The highest BCUT2D eigenvalue weighted by atomic mass is 19.4. The number of alkyl halides is 3. The molecule has 0 aliphatic heterocycles. The standard InChI is InChI=1S/C14H17F3N2O4/c1-9(23-8-14(15,16)17)13(21)19-11-5-3-4-10(6-11)18-12(20)7-22-2/h3-6,9H,7-8H2,1-2H3,(H,18,20)(H,19,21). The Morgan fingerprint density at radius 3 is 2.39 bits per heavy atom. The van der Waals surface area contributed by atoms with Crippen LogP contribution in [0.2, 0.25) is 0 Å². The van der Waals surface area contributed by atoms with Gasteiger partial charge in [-0.2, -0.15) is 13.2 Å². The monoisotopic (exact) mass is 334 g/mol. The Morgan fingerprint density at radius 2 is 1.83 bits per heavy atom. The van der Waals surface area contributed by atoms with Gasteiger partial charge in [0.1, 0.15) is 19.3 Å². The number of amides is 2. The molecule has 128 valence electrons. The Bertz CT molecular complexity index is 549. The van der Waals surface area contributed by atoms with E-state index < -0.39 is 24.8 Å². The highest BCUT2D eigenvalue weighted by molar-refractivity contribution is 5.96. The van der Waals surface area contributed by atoms with E-state index in [-0.39, 0.29) is 12.5 Å². The number of benzene rings is 1. The number of nitrogens with one attached hydrogen (secondary N) is 2. The first-order valence-electron chi connectivity index (χ1n) is 6.59. The van der Waals surface area contributed by atoms with Crippen molar-refractivity contribution in [3.05, 3.63) is 24.3 Å². The molecule has 0 heterocycles. The molecule has 0 radical (unpaired) electrons. The molecule has 1 aromatic carbocycles. The molecule has 9 heteroatoms. The van der Waals surface area contributed by atoms with Crippen molar-refractivity contribution in [3.63, 3.8) is 0 Å². The Hall–Kier alpha value is -2.13. The molecule has 1 unspecified atom stereocenters. The maximum absolute atomic E-state index is 12.0. The zero-order chi connectivity index (χ0) is 17.5. The molecule has 0 fully saturated rings. The van der Waals surface area contributed by atoms with E-state index in [1.54, 1.807) is 12.1 Å². The Kier molecular flexibility index (Phi) is 6.98. The lowest BCUT2D eigenvalue weighted by molar-refractivity contribution is -0.184. The molecule has 0 saturated heterocycles. The number of rotatable bonds is 7. The van der Waals surface area contributed by atoms with Crippen molar-refractivity contribution in [3.8, 4) is 0 Å². The quantitative estimate of drug-likeness (QED) is 0.801. The van der Waals surface area contributed by atoms with Crippen LogP contribution in [0.4, 0.5) is 24.5 Å². The lowest BCUT2D eigenvalue weighted by Crippen LogP contribution is -2.31. The van der Waals surface area contributed by atoms with Gasteiger partial charge in [0.15, 0.2) is 0 Å². The fourth-order valence-electron chi connectivity index (χ4n) is 1.54. The predicted octanol–water partition coefficient (Wildman–Crippen LogP) is 2.18. The smallest absolute Gasteiger partial charge is 0.375 e. The lowest BCUT2D eigenvalue weighted by atomic mass is 10.2.